The van der Waals surface area contributed by atoms with Crippen LogP contribution in [-0.4, -0.2) is 16.9 Å². The number of halogens is 3. The summed E-state index contributed by atoms with van der Waals surface area (Å²) in [6.07, 6.45) is -2.42. The van der Waals surface area contributed by atoms with E-state index in [2.05, 4.69) is 4.98 Å². The molecule has 0 fully saturated rings. The Labute approximate surface area is 106 Å². The summed E-state index contributed by atoms with van der Waals surface area (Å²) in [5, 5.41) is 0.395. The number of hydrogen-bond donors (Lipinski definition) is 1. The van der Waals surface area contributed by atoms with Crippen molar-refractivity contribution in [2.75, 3.05) is 0 Å². The number of fused-ring (bicyclic) bond motifs is 1. The monoisotopic (exact) mass is 276 g/mol. The van der Waals surface area contributed by atoms with Crippen LogP contribution in [0.1, 0.15) is 11.8 Å². The van der Waals surface area contributed by atoms with Crippen molar-refractivity contribution in [3.63, 3.8) is 0 Å². The Balaban J connectivity index is 2.31. The molecule has 0 spiro atoms. The predicted molar refractivity (Wildman–Crippen MR) is 66.9 cm³/mol. The van der Waals surface area contributed by atoms with Crippen LogP contribution in [0.25, 0.3) is 10.2 Å². The Morgan fingerprint density at radius 2 is 2.24 bits per heavy atom. The zero-order valence-corrected chi connectivity index (χ0v) is 10.7. The number of nitrogens with zero attached hydrogens (tertiary/aromatic N) is 1. The number of nitrogens with two attached hydrogens (primary N) is 1. The summed E-state index contributed by atoms with van der Waals surface area (Å²) in [6.45, 7) is 1.35. The molecular formula is C11H11ClF2N2S. The van der Waals surface area contributed by atoms with E-state index in [4.69, 9.17) is 17.3 Å². The molecule has 6 heteroatoms. The van der Waals surface area contributed by atoms with Gasteiger partial charge in [-0.25, -0.2) is 13.8 Å². The molecule has 0 saturated carbocycles. The van der Waals surface area contributed by atoms with Crippen molar-refractivity contribution < 1.29 is 8.78 Å². The van der Waals surface area contributed by atoms with Crippen LogP contribution in [0.3, 0.4) is 0 Å². The van der Waals surface area contributed by atoms with Gasteiger partial charge in [0.1, 0.15) is 5.15 Å². The molecule has 1 atom stereocenters. The lowest BCUT2D eigenvalue weighted by molar-refractivity contribution is 0.0644. The van der Waals surface area contributed by atoms with Gasteiger partial charge in [-0.05, 0) is 25.1 Å². The van der Waals surface area contributed by atoms with Crippen LogP contribution < -0.4 is 5.73 Å². The van der Waals surface area contributed by atoms with Gasteiger partial charge in [0, 0.05) is 11.3 Å². The normalized spacial score (nSPS) is 15.4. The summed E-state index contributed by atoms with van der Waals surface area (Å²) in [7, 11) is 0. The van der Waals surface area contributed by atoms with E-state index < -0.39 is 12.0 Å². The fourth-order valence-corrected chi connectivity index (χ4v) is 2.83. The molecule has 2 rings (SSSR count). The van der Waals surface area contributed by atoms with Crippen molar-refractivity contribution in [2.24, 2.45) is 5.73 Å². The van der Waals surface area contributed by atoms with Crippen LogP contribution >= 0.6 is 22.9 Å². The number of aromatic nitrogens is 1. The zero-order valence-electron chi connectivity index (χ0n) is 9.08. The fourth-order valence-electron chi connectivity index (χ4n) is 1.49. The minimum Gasteiger partial charge on any atom is -0.320 e. The van der Waals surface area contributed by atoms with Crippen LogP contribution in [0, 0.1) is 0 Å². The van der Waals surface area contributed by atoms with Crippen molar-refractivity contribution in [2.45, 2.75) is 25.3 Å². The van der Waals surface area contributed by atoms with E-state index in [0.717, 1.165) is 15.1 Å². The van der Waals surface area contributed by atoms with Crippen molar-refractivity contribution in [3.05, 3.63) is 28.2 Å². The van der Waals surface area contributed by atoms with Gasteiger partial charge in [-0.2, -0.15) is 0 Å². The first-order chi connectivity index (χ1) is 7.88. The van der Waals surface area contributed by atoms with E-state index >= 15 is 0 Å². The Morgan fingerprint density at radius 3 is 2.88 bits per heavy atom. The van der Waals surface area contributed by atoms with Crippen LogP contribution in [-0.2, 0) is 6.42 Å². The highest BCUT2D eigenvalue weighted by atomic mass is 35.5. The molecule has 0 saturated heterocycles. The van der Waals surface area contributed by atoms with E-state index in [0.29, 0.717) is 5.15 Å². The molecule has 0 bridgehead atoms. The van der Waals surface area contributed by atoms with Gasteiger partial charge in [-0.3, -0.25) is 0 Å². The van der Waals surface area contributed by atoms with Gasteiger partial charge in [-0.1, -0.05) is 11.6 Å². The maximum atomic E-state index is 12.7. The van der Waals surface area contributed by atoms with E-state index in [9.17, 15) is 8.78 Å². The topological polar surface area (TPSA) is 38.9 Å². The molecule has 2 aromatic rings. The first-order valence-corrected chi connectivity index (χ1v) is 6.20. The molecular weight excluding hydrogens is 266 g/mol. The Bertz CT molecular complexity index is 539. The fraction of sp³-hybridized carbons (Fsp3) is 0.364. The van der Waals surface area contributed by atoms with Gasteiger partial charge in [0.25, 0.3) is 6.43 Å². The third-order valence-electron chi connectivity index (χ3n) is 2.44. The van der Waals surface area contributed by atoms with Crippen LogP contribution in [0.5, 0.6) is 0 Å². The first kappa shape index (κ1) is 12.7. The second-order valence-corrected chi connectivity index (χ2v) is 5.77. The molecule has 2 nitrogen and oxygen atoms in total. The van der Waals surface area contributed by atoms with Gasteiger partial charge in [0.2, 0.25) is 0 Å². The SMILES string of the molecule is CC(N)(Cc1cc2nc(Cl)ccc2s1)C(F)F. The van der Waals surface area contributed by atoms with Crippen LogP contribution in [0.2, 0.25) is 5.15 Å². The van der Waals surface area contributed by atoms with Crippen molar-refractivity contribution in [1.82, 2.24) is 4.98 Å². The summed E-state index contributed by atoms with van der Waals surface area (Å²) in [5.41, 5.74) is 4.77. The molecule has 2 aromatic heterocycles. The smallest absolute Gasteiger partial charge is 0.256 e. The summed E-state index contributed by atoms with van der Waals surface area (Å²) in [6, 6.07) is 5.27. The summed E-state index contributed by atoms with van der Waals surface area (Å²) in [4.78, 5) is 4.91. The summed E-state index contributed by atoms with van der Waals surface area (Å²) in [5.74, 6) is 0. The van der Waals surface area contributed by atoms with E-state index in [1.54, 1.807) is 12.1 Å². The second-order valence-electron chi connectivity index (χ2n) is 4.21. The standard InChI is InChI=1S/C11H11ClF2N2S/c1-11(15,10(13)14)5-6-4-7-8(17-6)2-3-9(12)16-7/h2-4,10H,5,15H2,1H3. The van der Waals surface area contributed by atoms with Crippen molar-refractivity contribution in [1.29, 1.82) is 0 Å². The average molecular weight is 277 g/mol. The molecule has 0 aliphatic carbocycles. The molecule has 1 unspecified atom stereocenters. The zero-order chi connectivity index (χ0) is 12.6. The maximum absolute atomic E-state index is 12.7. The maximum Gasteiger partial charge on any atom is 0.256 e. The molecule has 17 heavy (non-hydrogen) atoms. The Morgan fingerprint density at radius 1 is 1.53 bits per heavy atom. The highest BCUT2D eigenvalue weighted by molar-refractivity contribution is 7.19. The molecule has 0 amide bonds. The summed E-state index contributed by atoms with van der Waals surface area (Å²) >= 11 is 7.18. The van der Waals surface area contributed by atoms with E-state index in [1.807, 2.05) is 6.07 Å². The highest BCUT2D eigenvalue weighted by Gasteiger charge is 2.31. The molecule has 2 heterocycles. The molecule has 0 radical (unpaired) electrons. The van der Waals surface area contributed by atoms with Gasteiger partial charge >= 0.3 is 0 Å². The van der Waals surface area contributed by atoms with E-state index in [1.165, 1.54) is 18.3 Å². The molecule has 0 aromatic carbocycles. The lowest BCUT2D eigenvalue weighted by Gasteiger charge is -2.22. The Kier molecular flexibility index (Phi) is 3.34. The van der Waals surface area contributed by atoms with Crippen LogP contribution in [0.4, 0.5) is 8.78 Å². The number of alkyl halides is 2. The van der Waals surface area contributed by atoms with Crippen molar-refractivity contribution in [3.8, 4) is 0 Å². The molecule has 0 aliphatic rings. The predicted octanol–water partition coefficient (Wildman–Crippen LogP) is 3.47. The van der Waals surface area contributed by atoms with Crippen molar-refractivity contribution >= 4 is 33.2 Å². The van der Waals surface area contributed by atoms with Gasteiger partial charge in [-0.15, -0.1) is 11.3 Å². The second kappa shape index (κ2) is 4.48. The minimum absolute atomic E-state index is 0.128. The lowest BCUT2D eigenvalue weighted by atomic mass is 9.99. The van der Waals surface area contributed by atoms with Gasteiger partial charge in [0.15, 0.2) is 0 Å². The summed E-state index contributed by atoms with van der Waals surface area (Å²) < 4.78 is 26.2. The average Bonchev–Trinajstić information content (AvgIpc) is 2.57. The number of pyridine rings is 1. The third kappa shape index (κ3) is 2.73. The lowest BCUT2D eigenvalue weighted by Crippen LogP contribution is -2.45. The van der Waals surface area contributed by atoms with Crippen LogP contribution in [0.15, 0.2) is 18.2 Å². The molecule has 0 aliphatic heterocycles. The number of thiophene rings is 1. The molecule has 92 valence electrons. The van der Waals surface area contributed by atoms with Gasteiger partial charge < -0.3 is 5.73 Å². The third-order valence-corrected chi connectivity index (χ3v) is 3.74. The number of rotatable bonds is 3. The molecule has 2 N–H and O–H groups in total. The van der Waals surface area contributed by atoms with Gasteiger partial charge in [0.05, 0.1) is 15.8 Å². The minimum atomic E-state index is -2.55. The van der Waals surface area contributed by atoms with E-state index in [-0.39, 0.29) is 6.42 Å². The largest absolute Gasteiger partial charge is 0.320 e. The Hall–Kier alpha value is -0.780. The first-order valence-electron chi connectivity index (χ1n) is 5.00. The quantitative estimate of drug-likeness (QED) is 0.872. The number of hydrogen-bond acceptors (Lipinski definition) is 3. The highest BCUT2D eigenvalue weighted by Crippen LogP contribution is 2.29.